The molecule has 1 unspecified atom stereocenters. The van der Waals surface area contributed by atoms with Crippen molar-refractivity contribution in [1.82, 2.24) is 5.32 Å². The number of carbonyl (C=O) groups excluding carboxylic acids is 2. The molecule has 0 heterocycles. The van der Waals surface area contributed by atoms with Gasteiger partial charge in [-0.1, -0.05) is 81.6 Å². The lowest BCUT2D eigenvalue weighted by Gasteiger charge is -2.34. The van der Waals surface area contributed by atoms with Crippen molar-refractivity contribution in [3.63, 3.8) is 0 Å². The van der Waals surface area contributed by atoms with Crippen LogP contribution in [0.5, 0.6) is 0 Å². The highest BCUT2D eigenvalue weighted by Gasteiger charge is 2.51. The van der Waals surface area contributed by atoms with E-state index in [1.807, 2.05) is 30.3 Å². The van der Waals surface area contributed by atoms with E-state index in [2.05, 4.69) is 12.2 Å². The molecule has 0 spiro atoms. The third kappa shape index (κ3) is 7.42. The van der Waals surface area contributed by atoms with Crippen molar-refractivity contribution in [3.8, 4) is 0 Å². The molecule has 0 aliphatic carbocycles. The van der Waals surface area contributed by atoms with Gasteiger partial charge in [0.25, 0.3) is 0 Å². The first-order valence-corrected chi connectivity index (χ1v) is 11.0. The van der Waals surface area contributed by atoms with E-state index in [1.54, 1.807) is 20.8 Å². The van der Waals surface area contributed by atoms with Gasteiger partial charge in [0.2, 0.25) is 0 Å². The van der Waals surface area contributed by atoms with E-state index in [0.717, 1.165) is 31.2 Å². The molecule has 1 N–H and O–H groups in total. The number of hydrogen-bond acceptors (Lipinski definition) is 5. The molecule has 162 valence electrons. The second kappa shape index (κ2) is 13.3. The lowest BCUT2D eigenvalue weighted by molar-refractivity contribution is -0.173. The molecule has 1 rings (SSSR count). The number of thiocarbonyl (C=S) groups is 1. The van der Waals surface area contributed by atoms with E-state index < -0.39 is 23.4 Å². The van der Waals surface area contributed by atoms with Gasteiger partial charge in [0.05, 0.1) is 19.3 Å². The maximum absolute atomic E-state index is 12.9. The van der Waals surface area contributed by atoms with Crippen molar-refractivity contribution < 1.29 is 19.1 Å². The monoisotopic (exact) mass is 421 g/mol. The number of ether oxygens (including phenoxy) is 2. The molecular formula is C23H35NO4S. The average Bonchev–Trinajstić information content (AvgIpc) is 2.73. The molecule has 5 nitrogen and oxygen atoms in total. The number of unbranched alkanes of at least 4 members (excludes halogenated alkanes) is 4. The zero-order valence-electron chi connectivity index (χ0n) is 18.2. The summed E-state index contributed by atoms with van der Waals surface area (Å²) in [4.78, 5) is 26.2. The number of hydrogen-bond donors (Lipinski definition) is 1. The van der Waals surface area contributed by atoms with E-state index >= 15 is 0 Å². The fourth-order valence-corrected chi connectivity index (χ4v) is 3.50. The molecule has 0 amide bonds. The van der Waals surface area contributed by atoms with Crippen LogP contribution in [0.3, 0.4) is 0 Å². The lowest BCUT2D eigenvalue weighted by atomic mass is 9.79. The van der Waals surface area contributed by atoms with Crippen molar-refractivity contribution in [1.29, 1.82) is 0 Å². The normalized spacial score (nSPS) is 12.1. The maximum atomic E-state index is 12.9. The summed E-state index contributed by atoms with van der Waals surface area (Å²) < 4.78 is 10.5. The third-order valence-electron chi connectivity index (χ3n) is 5.03. The highest BCUT2D eigenvalue weighted by atomic mass is 32.1. The van der Waals surface area contributed by atoms with Crippen molar-refractivity contribution in [2.75, 3.05) is 13.2 Å². The Balaban J connectivity index is 3.12. The van der Waals surface area contributed by atoms with E-state index in [4.69, 9.17) is 21.7 Å². The predicted octanol–water partition coefficient (Wildman–Crippen LogP) is 4.81. The third-order valence-corrected chi connectivity index (χ3v) is 5.39. The standard InChI is InChI=1S/C23H35NO4S/c1-5-8-9-10-14-17-19(24-20(29)18-15-12-11-13-16-18)23(4,21(25)27-6-2)22(26)28-7-3/h11-13,15-16,19H,5-10,14,17H2,1-4H3,(H,24,29). The van der Waals surface area contributed by atoms with Gasteiger partial charge in [0.1, 0.15) is 4.99 Å². The molecule has 6 heteroatoms. The zero-order chi connectivity index (χ0) is 21.7. The molecule has 0 aliphatic heterocycles. The van der Waals surface area contributed by atoms with Crippen LogP contribution in [0.2, 0.25) is 0 Å². The summed E-state index contributed by atoms with van der Waals surface area (Å²) >= 11 is 5.57. The van der Waals surface area contributed by atoms with Crippen molar-refractivity contribution in [2.45, 2.75) is 72.3 Å². The molecule has 0 saturated heterocycles. The second-order valence-electron chi connectivity index (χ2n) is 7.24. The van der Waals surface area contributed by atoms with Crippen LogP contribution in [0.1, 0.15) is 71.8 Å². The summed E-state index contributed by atoms with van der Waals surface area (Å²) in [7, 11) is 0. The lowest BCUT2D eigenvalue weighted by Crippen LogP contribution is -2.55. The minimum Gasteiger partial charge on any atom is -0.465 e. The molecule has 0 bridgehead atoms. The molecule has 1 aromatic carbocycles. The quantitative estimate of drug-likeness (QED) is 0.213. The van der Waals surface area contributed by atoms with E-state index in [0.29, 0.717) is 11.4 Å². The molecule has 1 aromatic rings. The second-order valence-corrected chi connectivity index (χ2v) is 7.65. The van der Waals surface area contributed by atoms with Gasteiger partial charge in [0, 0.05) is 5.56 Å². The van der Waals surface area contributed by atoms with Crippen LogP contribution in [-0.2, 0) is 19.1 Å². The summed E-state index contributed by atoms with van der Waals surface area (Å²) in [5.74, 6) is -1.17. The fraction of sp³-hybridized carbons (Fsp3) is 0.609. The van der Waals surface area contributed by atoms with Crippen LogP contribution in [0, 0.1) is 5.41 Å². The van der Waals surface area contributed by atoms with Crippen LogP contribution < -0.4 is 5.32 Å². The number of esters is 2. The zero-order valence-corrected chi connectivity index (χ0v) is 19.0. The fourth-order valence-electron chi connectivity index (χ4n) is 3.22. The smallest absolute Gasteiger partial charge is 0.325 e. The van der Waals surface area contributed by atoms with Gasteiger partial charge >= 0.3 is 11.9 Å². The Kier molecular flexibility index (Phi) is 11.5. The number of nitrogens with one attached hydrogen (secondary N) is 1. The van der Waals surface area contributed by atoms with Crippen LogP contribution in [0.4, 0.5) is 0 Å². The Morgan fingerprint density at radius 1 is 0.966 bits per heavy atom. The predicted molar refractivity (Wildman–Crippen MR) is 120 cm³/mol. The average molecular weight is 422 g/mol. The van der Waals surface area contributed by atoms with Crippen LogP contribution in [-0.4, -0.2) is 36.2 Å². The molecular weight excluding hydrogens is 386 g/mol. The molecule has 1 atom stereocenters. The van der Waals surface area contributed by atoms with Crippen molar-refractivity contribution in [3.05, 3.63) is 35.9 Å². The van der Waals surface area contributed by atoms with Gasteiger partial charge in [-0.3, -0.25) is 9.59 Å². The maximum Gasteiger partial charge on any atom is 0.325 e. The summed E-state index contributed by atoms with van der Waals surface area (Å²) in [6.45, 7) is 7.61. The Morgan fingerprint density at radius 2 is 1.52 bits per heavy atom. The summed E-state index contributed by atoms with van der Waals surface area (Å²) in [6.07, 6.45) is 5.98. The van der Waals surface area contributed by atoms with Gasteiger partial charge in [0.15, 0.2) is 5.41 Å². The summed E-state index contributed by atoms with van der Waals surface area (Å²) in [6, 6.07) is 9.01. The minimum atomic E-state index is -1.48. The van der Waals surface area contributed by atoms with Gasteiger partial charge in [-0.15, -0.1) is 0 Å². The van der Waals surface area contributed by atoms with E-state index in [9.17, 15) is 9.59 Å². The molecule has 0 aliphatic rings. The summed E-state index contributed by atoms with van der Waals surface area (Å²) in [5.41, 5.74) is -0.635. The number of rotatable bonds is 13. The highest BCUT2D eigenvalue weighted by Crippen LogP contribution is 2.30. The molecule has 0 radical (unpaired) electrons. The number of benzene rings is 1. The number of carbonyl (C=O) groups is 2. The van der Waals surface area contributed by atoms with E-state index in [1.165, 1.54) is 6.42 Å². The first-order valence-electron chi connectivity index (χ1n) is 10.6. The Bertz CT molecular complexity index is 630. The van der Waals surface area contributed by atoms with Crippen LogP contribution in [0.15, 0.2) is 30.3 Å². The van der Waals surface area contributed by atoms with Crippen LogP contribution >= 0.6 is 12.2 Å². The highest BCUT2D eigenvalue weighted by molar-refractivity contribution is 7.80. The van der Waals surface area contributed by atoms with Gasteiger partial charge < -0.3 is 14.8 Å². The van der Waals surface area contributed by atoms with Gasteiger partial charge in [-0.2, -0.15) is 0 Å². The molecule has 0 saturated carbocycles. The Morgan fingerprint density at radius 3 is 2.03 bits per heavy atom. The first-order chi connectivity index (χ1) is 13.9. The Labute approximate surface area is 180 Å². The van der Waals surface area contributed by atoms with E-state index in [-0.39, 0.29) is 13.2 Å². The minimum absolute atomic E-state index is 0.195. The summed E-state index contributed by atoms with van der Waals surface area (Å²) in [5, 5.41) is 3.27. The first kappa shape index (κ1) is 25.1. The van der Waals surface area contributed by atoms with Crippen molar-refractivity contribution >= 4 is 29.1 Å². The van der Waals surface area contributed by atoms with Crippen molar-refractivity contribution in [2.24, 2.45) is 5.41 Å². The van der Waals surface area contributed by atoms with Gasteiger partial charge in [-0.25, -0.2) is 0 Å². The largest absolute Gasteiger partial charge is 0.465 e. The topological polar surface area (TPSA) is 64.6 Å². The molecule has 29 heavy (non-hydrogen) atoms. The van der Waals surface area contributed by atoms with Crippen LogP contribution in [0.25, 0.3) is 0 Å². The molecule has 0 fully saturated rings. The van der Waals surface area contributed by atoms with Gasteiger partial charge in [-0.05, 0) is 27.2 Å². The molecule has 0 aromatic heterocycles. The SMILES string of the molecule is CCCCCCCC(NC(=S)c1ccccc1)C(C)(C(=O)OCC)C(=O)OCC. The Hall–Kier alpha value is -1.95.